The fraction of sp³-hybridized carbons (Fsp3) is 0.500. The second-order valence-corrected chi connectivity index (χ2v) is 6.52. The monoisotopic (exact) mass is 259 g/mol. The fourth-order valence-corrected chi connectivity index (χ4v) is 2.46. The predicted molar refractivity (Wildman–Crippen MR) is 67.1 cm³/mol. The summed E-state index contributed by atoms with van der Waals surface area (Å²) in [6, 6.07) is 6.30. The minimum absolute atomic E-state index is 0.0208. The normalized spacial score (nSPS) is 13.6. The first-order chi connectivity index (χ1) is 7.92. The molecule has 1 unspecified atom stereocenters. The largest absolute Gasteiger partial charge is 0.330 e. The van der Waals surface area contributed by atoms with Gasteiger partial charge in [-0.15, -0.1) is 0 Å². The molecule has 0 aliphatic heterocycles. The van der Waals surface area contributed by atoms with Gasteiger partial charge in [0.15, 0.2) is 0 Å². The van der Waals surface area contributed by atoms with E-state index in [9.17, 15) is 12.8 Å². The molecule has 0 saturated carbocycles. The van der Waals surface area contributed by atoms with E-state index in [0.717, 1.165) is 5.56 Å². The third kappa shape index (κ3) is 5.28. The standard InChI is InChI=1S/C12H18FNO2S/c1-17(15,16)7-3-5-11(9-14)10-4-2-6-12(13)8-10/h2,4,6,8,11H,3,5,7,9,14H2,1H3. The van der Waals surface area contributed by atoms with E-state index in [0.29, 0.717) is 19.4 Å². The van der Waals surface area contributed by atoms with E-state index in [1.807, 2.05) is 6.07 Å². The Morgan fingerprint density at radius 1 is 1.41 bits per heavy atom. The second kappa shape index (κ2) is 6.12. The first-order valence-corrected chi connectivity index (χ1v) is 7.61. The minimum atomic E-state index is -2.93. The van der Waals surface area contributed by atoms with Crippen molar-refractivity contribution in [1.82, 2.24) is 0 Å². The number of hydrogen-bond donors (Lipinski definition) is 1. The van der Waals surface area contributed by atoms with Gasteiger partial charge in [-0.25, -0.2) is 12.8 Å². The van der Waals surface area contributed by atoms with Crippen molar-refractivity contribution in [2.24, 2.45) is 5.73 Å². The maximum Gasteiger partial charge on any atom is 0.147 e. The second-order valence-electron chi connectivity index (χ2n) is 4.26. The van der Waals surface area contributed by atoms with E-state index in [2.05, 4.69) is 0 Å². The third-order valence-electron chi connectivity index (χ3n) is 2.67. The lowest BCUT2D eigenvalue weighted by Gasteiger charge is -2.14. The fourth-order valence-electron chi connectivity index (χ4n) is 1.77. The Hall–Kier alpha value is -0.940. The molecule has 0 aliphatic carbocycles. The highest BCUT2D eigenvalue weighted by molar-refractivity contribution is 7.90. The van der Waals surface area contributed by atoms with Gasteiger partial charge in [-0.2, -0.15) is 0 Å². The molecule has 0 aromatic heterocycles. The molecule has 2 N–H and O–H groups in total. The number of hydrogen-bond acceptors (Lipinski definition) is 3. The van der Waals surface area contributed by atoms with Crippen LogP contribution in [-0.4, -0.2) is 27.0 Å². The molecule has 0 saturated heterocycles. The van der Waals surface area contributed by atoms with Gasteiger partial charge in [0.25, 0.3) is 0 Å². The first-order valence-electron chi connectivity index (χ1n) is 5.55. The van der Waals surface area contributed by atoms with Crippen molar-refractivity contribution >= 4 is 9.84 Å². The lowest BCUT2D eigenvalue weighted by atomic mass is 9.95. The maximum absolute atomic E-state index is 13.0. The molecule has 1 rings (SSSR count). The summed E-state index contributed by atoms with van der Waals surface area (Å²) in [5, 5.41) is 0. The average molecular weight is 259 g/mol. The molecule has 0 aliphatic rings. The van der Waals surface area contributed by atoms with Crippen molar-refractivity contribution in [3.05, 3.63) is 35.6 Å². The Bertz CT molecular complexity index is 459. The van der Waals surface area contributed by atoms with Crippen LogP contribution in [0.2, 0.25) is 0 Å². The number of nitrogens with two attached hydrogens (primary N) is 1. The van der Waals surface area contributed by atoms with Gasteiger partial charge < -0.3 is 5.73 Å². The molecule has 0 bridgehead atoms. The number of halogens is 1. The molecule has 1 atom stereocenters. The zero-order chi connectivity index (χ0) is 12.9. The van der Waals surface area contributed by atoms with Crippen molar-refractivity contribution < 1.29 is 12.8 Å². The molecule has 0 amide bonds. The summed E-state index contributed by atoms with van der Waals surface area (Å²) in [4.78, 5) is 0. The minimum Gasteiger partial charge on any atom is -0.330 e. The predicted octanol–water partition coefficient (Wildman–Crippen LogP) is 1.69. The molecule has 96 valence electrons. The van der Waals surface area contributed by atoms with Crippen LogP contribution in [0.4, 0.5) is 4.39 Å². The van der Waals surface area contributed by atoms with E-state index < -0.39 is 9.84 Å². The van der Waals surface area contributed by atoms with Gasteiger partial charge in [0, 0.05) is 12.0 Å². The van der Waals surface area contributed by atoms with Crippen molar-refractivity contribution in [2.75, 3.05) is 18.6 Å². The summed E-state index contributed by atoms with van der Waals surface area (Å²) < 4.78 is 35.0. The zero-order valence-corrected chi connectivity index (χ0v) is 10.7. The first kappa shape index (κ1) is 14.1. The Labute approximate surface area is 102 Å². The van der Waals surface area contributed by atoms with Crippen LogP contribution in [0, 0.1) is 5.82 Å². The van der Waals surface area contributed by atoms with Gasteiger partial charge in [-0.3, -0.25) is 0 Å². The molecule has 0 heterocycles. The molecule has 5 heteroatoms. The summed E-state index contributed by atoms with van der Waals surface area (Å²) in [6.45, 7) is 0.396. The van der Waals surface area contributed by atoms with Gasteiger partial charge in [-0.05, 0) is 43.0 Å². The van der Waals surface area contributed by atoms with Gasteiger partial charge in [0.05, 0.1) is 0 Å². The smallest absolute Gasteiger partial charge is 0.147 e. The summed E-state index contributed by atoms with van der Waals surface area (Å²) in [6.07, 6.45) is 2.43. The van der Waals surface area contributed by atoms with Gasteiger partial charge >= 0.3 is 0 Å². The highest BCUT2D eigenvalue weighted by atomic mass is 32.2. The zero-order valence-electron chi connectivity index (χ0n) is 9.90. The van der Waals surface area contributed by atoms with Crippen LogP contribution < -0.4 is 5.73 Å². The Morgan fingerprint density at radius 3 is 2.65 bits per heavy atom. The van der Waals surface area contributed by atoms with Crippen LogP contribution in [0.3, 0.4) is 0 Å². The highest BCUT2D eigenvalue weighted by Gasteiger charge is 2.11. The van der Waals surface area contributed by atoms with E-state index in [1.54, 1.807) is 6.07 Å². The summed E-state index contributed by atoms with van der Waals surface area (Å²) in [7, 11) is -2.93. The summed E-state index contributed by atoms with van der Waals surface area (Å²) in [5.41, 5.74) is 6.47. The number of benzene rings is 1. The summed E-state index contributed by atoms with van der Waals surface area (Å²) >= 11 is 0. The molecule has 0 spiro atoms. The van der Waals surface area contributed by atoms with Crippen molar-refractivity contribution in [1.29, 1.82) is 0 Å². The third-order valence-corrected chi connectivity index (χ3v) is 3.70. The number of sulfone groups is 1. The summed E-state index contributed by atoms with van der Waals surface area (Å²) in [5.74, 6) is -0.116. The molecular weight excluding hydrogens is 241 g/mol. The topological polar surface area (TPSA) is 60.2 Å². The SMILES string of the molecule is CS(=O)(=O)CCCC(CN)c1cccc(F)c1. The average Bonchev–Trinajstić information content (AvgIpc) is 2.23. The van der Waals surface area contributed by atoms with E-state index in [-0.39, 0.29) is 17.5 Å². The molecule has 1 aromatic rings. The van der Waals surface area contributed by atoms with Crippen LogP contribution in [-0.2, 0) is 9.84 Å². The van der Waals surface area contributed by atoms with E-state index >= 15 is 0 Å². The number of rotatable bonds is 6. The Kier molecular flexibility index (Phi) is 5.08. The van der Waals surface area contributed by atoms with Crippen LogP contribution in [0.1, 0.15) is 24.3 Å². The van der Waals surface area contributed by atoms with Gasteiger partial charge in [0.2, 0.25) is 0 Å². The van der Waals surface area contributed by atoms with Gasteiger partial charge in [-0.1, -0.05) is 12.1 Å². The van der Waals surface area contributed by atoms with Crippen LogP contribution in [0.15, 0.2) is 24.3 Å². The molecular formula is C12H18FNO2S. The Morgan fingerprint density at radius 2 is 2.12 bits per heavy atom. The van der Waals surface area contributed by atoms with E-state index in [1.165, 1.54) is 18.4 Å². The van der Waals surface area contributed by atoms with Gasteiger partial charge in [0.1, 0.15) is 15.7 Å². The highest BCUT2D eigenvalue weighted by Crippen LogP contribution is 2.21. The molecule has 0 radical (unpaired) electrons. The molecule has 17 heavy (non-hydrogen) atoms. The van der Waals surface area contributed by atoms with Crippen LogP contribution in [0.25, 0.3) is 0 Å². The lowest BCUT2D eigenvalue weighted by molar-refractivity contribution is 0.580. The van der Waals surface area contributed by atoms with Crippen LogP contribution in [0.5, 0.6) is 0 Å². The van der Waals surface area contributed by atoms with Crippen molar-refractivity contribution in [3.8, 4) is 0 Å². The quantitative estimate of drug-likeness (QED) is 0.845. The molecule has 1 aromatic carbocycles. The maximum atomic E-state index is 13.0. The molecule has 0 fully saturated rings. The van der Waals surface area contributed by atoms with Crippen LogP contribution >= 0.6 is 0 Å². The lowest BCUT2D eigenvalue weighted by Crippen LogP contribution is -2.14. The van der Waals surface area contributed by atoms with E-state index in [4.69, 9.17) is 5.73 Å². The van der Waals surface area contributed by atoms with Crippen molar-refractivity contribution in [2.45, 2.75) is 18.8 Å². The molecule has 3 nitrogen and oxygen atoms in total. The Balaban J connectivity index is 2.60. The van der Waals surface area contributed by atoms with Crippen molar-refractivity contribution in [3.63, 3.8) is 0 Å².